The largest absolute Gasteiger partial charge is 0.497 e. The van der Waals surface area contributed by atoms with Gasteiger partial charge in [-0.15, -0.1) is 0 Å². The van der Waals surface area contributed by atoms with Crippen LogP contribution in [0.15, 0.2) is 70.3 Å². The fourth-order valence-corrected chi connectivity index (χ4v) is 5.22. The predicted octanol–water partition coefficient (Wildman–Crippen LogP) is 4.97. The number of hydrogen-bond donors (Lipinski definition) is 1. The van der Waals surface area contributed by atoms with Crippen LogP contribution in [0.3, 0.4) is 0 Å². The maximum absolute atomic E-state index is 12.9. The van der Waals surface area contributed by atoms with E-state index < -0.39 is 5.91 Å². The van der Waals surface area contributed by atoms with E-state index in [2.05, 4.69) is 14.7 Å². The lowest BCUT2D eigenvalue weighted by Crippen LogP contribution is -2.35. The van der Waals surface area contributed by atoms with E-state index in [-0.39, 0.29) is 11.4 Å². The standard InChI is InChI=1S/C27H25N5O3S/c1-16-12-19(17(2)31(16)22-11-10-20(34-3)15-23(22)35-4)14-21-25(28)32-27(29-26(21)33)36-24(30-32)13-18-8-6-5-7-9-18/h5-12,14-15,28H,13H2,1-4H3/b21-14-,28-25?. The molecule has 0 radical (unpaired) electrons. The van der Waals surface area contributed by atoms with Crippen molar-refractivity contribution in [3.63, 3.8) is 0 Å². The van der Waals surface area contributed by atoms with Gasteiger partial charge in [-0.2, -0.15) is 15.1 Å². The average molecular weight is 500 g/mol. The van der Waals surface area contributed by atoms with Crippen LogP contribution in [0.25, 0.3) is 11.8 Å². The minimum absolute atomic E-state index is 0.0207. The fraction of sp³-hybridized carbons (Fsp3) is 0.185. The molecule has 0 saturated heterocycles. The van der Waals surface area contributed by atoms with Crippen molar-refractivity contribution in [3.8, 4) is 17.2 Å². The average Bonchev–Trinajstić information content (AvgIpc) is 3.41. The van der Waals surface area contributed by atoms with Gasteiger partial charge in [0.25, 0.3) is 5.91 Å². The first-order valence-corrected chi connectivity index (χ1v) is 12.2. The Bertz CT molecular complexity index is 1470. The lowest BCUT2D eigenvalue weighted by atomic mass is 10.1. The van der Waals surface area contributed by atoms with E-state index in [1.54, 1.807) is 20.3 Å². The number of methoxy groups -OCH3 is 2. The van der Waals surface area contributed by atoms with E-state index in [0.29, 0.717) is 23.1 Å². The van der Waals surface area contributed by atoms with E-state index in [0.717, 1.165) is 33.2 Å². The summed E-state index contributed by atoms with van der Waals surface area (Å²) in [6.45, 7) is 3.96. The number of hydrazone groups is 1. The molecule has 0 spiro atoms. The highest BCUT2D eigenvalue weighted by molar-refractivity contribution is 8.26. The Hall–Kier alpha value is -4.11. The number of carbonyl (C=O) groups is 1. The Morgan fingerprint density at radius 3 is 2.56 bits per heavy atom. The van der Waals surface area contributed by atoms with Crippen molar-refractivity contribution in [2.24, 2.45) is 10.1 Å². The highest BCUT2D eigenvalue weighted by atomic mass is 32.2. The Kier molecular flexibility index (Phi) is 6.24. The Morgan fingerprint density at radius 1 is 1.06 bits per heavy atom. The number of nitrogens with one attached hydrogen (secondary N) is 1. The summed E-state index contributed by atoms with van der Waals surface area (Å²) in [5, 5.41) is 16.0. The number of rotatable bonds is 6. The molecule has 2 aliphatic heterocycles. The summed E-state index contributed by atoms with van der Waals surface area (Å²) in [5.41, 5.74) is 4.85. The second-order valence-electron chi connectivity index (χ2n) is 8.38. The highest BCUT2D eigenvalue weighted by Gasteiger charge is 2.35. The number of amides is 1. The first-order valence-electron chi connectivity index (χ1n) is 11.3. The van der Waals surface area contributed by atoms with Crippen LogP contribution in [0.5, 0.6) is 11.5 Å². The van der Waals surface area contributed by atoms with Gasteiger partial charge in [0.2, 0.25) is 5.17 Å². The number of aromatic nitrogens is 1. The van der Waals surface area contributed by atoms with Crippen molar-refractivity contribution in [2.45, 2.75) is 20.3 Å². The summed E-state index contributed by atoms with van der Waals surface area (Å²) in [6, 6.07) is 17.6. The first-order chi connectivity index (χ1) is 17.4. The van der Waals surface area contributed by atoms with Gasteiger partial charge in [-0.25, -0.2) is 0 Å². The first kappa shape index (κ1) is 23.6. The third-order valence-corrected chi connectivity index (χ3v) is 7.00. The van der Waals surface area contributed by atoms with Gasteiger partial charge in [0.1, 0.15) is 16.5 Å². The lowest BCUT2D eigenvalue weighted by Gasteiger charge is -2.20. The molecule has 8 nitrogen and oxygen atoms in total. The molecule has 3 heterocycles. The van der Waals surface area contributed by atoms with Crippen molar-refractivity contribution in [1.82, 2.24) is 9.58 Å². The molecule has 2 aromatic carbocycles. The molecule has 0 aliphatic carbocycles. The number of ether oxygens (including phenoxy) is 2. The summed E-state index contributed by atoms with van der Waals surface area (Å²) in [4.78, 5) is 17.2. The minimum Gasteiger partial charge on any atom is -0.497 e. The van der Waals surface area contributed by atoms with Crippen molar-refractivity contribution in [3.05, 3.63) is 82.7 Å². The smallest absolute Gasteiger partial charge is 0.283 e. The zero-order chi connectivity index (χ0) is 25.4. The second kappa shape index (κ2) is 9.50. The SMILES string of the molecule is COc1ccc(-n2c(C)cc(/C=C3/C(=N)N4N=C(Cc5ccccc5)SC4=NC3=O)c2C)c(OC)c1. The van der Waals surface area contributed by atoms with Gasteiger partial charge in [0, 0.05) is 23.9 Å². The second-order valence-corrected chi connectivity index (χ2v) is 9.42. The summed E-state index contributed by atoms with van der Waals surface area (Å²) in [5.74, 6) is 0.945. The van der Waals surface area contributed by atoms with E-state index >= 15 is 0 Å². The lowest BCUT2D eigenvalue weighted by molar-refractivity contribution is -0.114. The maximum Gasteiger partial charge on any atom is 0.283 e. The van der Waals surface area contributed by atoms with Crippen LogP contribution < -0.4 is 9.47 Å². The summed E-state index contributed by atoms with van der Waals surface area (Å²) >= 11 is 1.33. The molecular weight excluding hydrogens is 474 g/mol. The molecule has 36 heavy (non-hydrogen) atoms. The summed E-state index contributed by atoms with van der Waals surface area (Å²) in [7, 11) is 3.23. The van der Waals surface area contributed by atoms with Crippen LogP contribution in [0.4, 0.5) is 0 Å². The van der Waals surface area contributed by atoms with Gasteiger partial charge < -0.3 is 14.0 Å². The number of aliphatic imine (C=N–C) groups is 1. The zero-order valence-corrected chi connectivity index (χ0v) is 21.2. The molecule has 9 heteroatoms. The van der Waals surface area contributed by atoms with Crippen LogP contribution in [0.2, 0.25) is 0 Å². The number of benzene rings is 2. The molecule has 3 aromatic rings. The van der Waals surface area contributed by atoms with Gasteiger partial charge >= 0.3 is 0 Å². The Balaban J connectivity index is 1.47. The molecule has 0 unspecified atom stereocenters. The molecule has 1 amide bonds. The summed E-state index contributed by atoms with van der Waals surface area (Å²) < 4.78 is 13.0. The normalized spacial score (nSPS) is 16.2. The number of nitrogens with zero attached hydrogens (tertiary/aromatic N) is 4. The van der Waals surface area contributed by atoms with Crippen molar-refractivity contribution >= 4 is 39.8 Å². The van der Waals surface area contributed by atoms with E-state index in [1.165, 1.54) is 16.8 Å². The van der Waals surface area contributed by atoms with Crippen LogP contribution in [-0.4, -0.2) is 45.7 Å². The van der Waals surface area contributed by atoms with Gasteiger partial charge in [0.15, 0.2) is 5.84 Å². The zero-order valence-electron chi connectivity index (χ0n) is 20.4. The monoisotopic (exact) mass is 499 g/mol. The van der Waals surface area contributed by atoms with E-state index in [1.807, 2.05) is 68.4 Å². The topological polar surface area (TPSA) is 92.3 Å². The van der Waals surface area contributed by atoms with Crippen LogP contribution in [-0.2, 0) is 11.2 Å². The van der Waals surface area contributed by atoms with Gasteiger partial charge in [-0.3, -0.25) is 10.2 Å². The number of aryl methyl sites for hydroxylation is 1. The quantitative estimate of drug-likeness (QED) is 0.483. The molecule has 0 bridgehead atoms. The molecular formula is C27H25N5O3S. The predicted molar refractivity (Wildman–Crippen MR) is 144 cm³/mol. The number of hydrogen-bond acceptors (Lipinski definition) is 6. The van der Waals surface area contributed by atoms with Crippen molar-refractivity contribution < 1.29 is 14.3 Å². The summed E-state index contributed by atoms with van der Waals surface area (Å²) in [6.07, 6.45) is 2.33. The number of fused-ring (bicyclic) bond motifs is 1. The van der Waals surface area contributed by atoms with Crippen molar-refractivity contribution in [1.29, 1.82) is 5.41 Å². The molecule has 0 atom stereocenters. The van der Waals surface area contributed by atoms with Gasteiger partial charge in [-0.1, -0.05) is 30.3 Å². The molecule has 2 aliphatic rings. The maximum atomic E-state index is 12.9. The van der Waals surface area contributed by atoms with Crippen LogP contribution >= 0.6 is 11.8 Å². The fourth-order valence-electron chi connectivity index (χ4n) is 4.30. The molecule has 1 aromatic heterocycles. The number of amidine groups is 2. The van der Waals surface area contributed by atoms with Crippen LogP contribution in [0.1, 0.15) is 22.5 Å². The number of thioether (sulfide) groups is 1. The molecule has 0 fully saturated rings. The van der Waals surface area contributed by atoms with E-state index in [9.17, 15) is 4.79 Å². The van der Waals surface area contributed by atoms with E-state index in [4.69, 9.17) is 14.9 Å². The van der Waals surface area contributed by atoms with Crippen molar-refractivity contribution in [2.75, 3.05) is 14.2 Å². The molecule has 182 valence electrons. The molecule has 5 rings (SSSR count). The van der Waals surface area contributed by atoms with Crippen LogP contribution in [0, 0.1) is 19.3 Å². The molecule has 1 N–H and O–H groups in total. The van der Waals surface area contributed by atoms with Gasteiger partial charge in [0.05, 0.1) is 25.5 Å². The third kappa shape index (κ3) is 4.22. The number of carbonyl (C=O) groups excluding carboxylic acids is 1. The Labute approximate surface area is 213 Å². The third-order valence-electron chi connectivity index (χ3n) is 6.09. The minimum atomic E-state index is -0.443. The highest BCUT2D eigenvalue weighted by Crippen LogP contribution is 2.33. The Morgan fingerprint density at radius 2 is 1.83 bits per heavy atom. The van der Waals surface area contributed by atoms with Gasteiger partial charge in [-0.05, 0) is 61.0 Å². The molecule has 0 saturated carbocycles.